The molecular formula is C5H12BCl2NO. The molecule has 0 aliphatic heterocycles. The van der Waals surface area contributed by atoms with Crippen molar-refractivity contribution in [3.8, 4) is 0 Å². The summed E-state index contributed by atoms with van der Waals surface area (Å²) in [4.78, 5) is 1.82. The van der Waals surface area contributed by atoms with Gasteiger partial charge in [-0.25, -0.2) is 0 Å². The van der Waals surface area contributed by atoms with E-state index in [2.05, 4.69) is 0 Å². The molecule has 0 unspecified atom stereocenters. The Bertz CT molecular complexity index is 78.0. The van der Waals surface area contributed by atoms with Gasteiger partial charge >= 0.3 is 7.05 Å². The second kappa shape index (κ2) is 6.29. The molecule has 0 heterocycles. The van der Waals surface area contributed by atoms with Gasteiger partial charge in [-0.1, -0.05) is 0 Å². The highest BCUT2D eigenvalue weighted by molar-refractivity contribution is 6.45. The van der Waals surface area contributed by atoms with Gasteiger partial charge in [0.2, 0.25) is 0 Å². The molecule has 0 atom stereocenters. The summed E-state index contributed by atoms with van der Waals surface area (Å²) in [5.74, 6) is 1.06. The van der Waals surface area contributed by atoms with E-state index in [1.807, 2.05) is 4.81 Å². The van der Waals surface area contributed by atoms with Crippen LogP contribution in [0.3, 0.4) is 0 Å². The molecule has 0 aromatic rings. The Kier molecular flexibility index (Phi) is 6.64. The Balaban J connectivity index is 3.50. The molecule has 0 radical (unpaired) electrons. The fourth-order valence-corrected chi connectivity index (χ4v) is 1.14. The van der Waals surface area contributed by atoms with Gasteiger partial charge in [-0.05, 0) is 6.82 Å². The highest BCUT2D eigenvalue weighted by Gasteiger charge is 2.13. The Morgan fingerprint density at radius 2 is 1.70 bits per heavy atom. The molecule has 0 fully saturated rings. The number of hydrogen-bond acceptors (Lipinski definition) is 2. The van der Waals surface area contributed by atoms with Gasteiger partial charge in [0, 0.05) is 24.8 Å². The van der Waals surface area contributed by atoms with Gasteiger partial charge < -0.3 is 9.83 Å². The number of alkyl halides is 2. The standard InChI is InChI=1S/C5H12BCl2NO/c1-6(10)9(4-2-7)5-3-8/h10H,2-5H2,1H3. The molecule has 5 heteroatoms. The van der Waals surface area contributed by atoms with Crippen molar-refractivity contribution in [2.45, 2.75) is 6.82 Å². The third kappa shape index (κ3) is 4.39. The fraction of sp³-hybridized carbons (Fsp3) is 1.00. The van der Waals surface area contributed by atoms with E-state index in [0.717, 1.165) is 0 Å². The molecule has 1 N–H and O–H groups in total. The molecule has 10 heavy (non-hydrogen) atoms. The van der Waals surface area contributed by atoms with Gasteiger partial charge in [-0.15, -0.1) is 23.2 Å². The molecule has 0 aromatic heterocycles. The van der Waals surface area contributed by atoms with Crippen LogP contribution in [0.1, 0.15) is 0 Å². The van der Waals surface area contributed by atoms with Gasteiger partial charge in [0.25, 0.3) is 0 Å². The minimum absolute atomic E-state index is 0.447. The number of halogens is 2. The van der Waals surface area contributed by atoms with Crippen molar-refractivity contribution in [2.75, 3.05) is 24.8 Å². The van der Waals surface area contributed by atoms with Gasteiger partial charge in [0.1, 0.15) is 0 Å². The quantitative estimate of drug-likeness (QED) is 0.506. The van der Waals surface area contributed by atoms with Crippen molar-refractivity contribution in [1.82, 2.24) is 4.81 Å². The maximum atomic E-state index is 9.08. The number of rotatable bonds is 5. The first-order chi connectivity index (χ1) is 4.72. The summed E-state index contributed by atoms with van der Waals surface area (Å²) in [6, 6.07) is 0. The van der Waals surface area contributed by atoms with Gasteiger partial charge in [0.05, 0.1) is 0 Å². The Hall–Kier alpha value is 0.565. The first kappa shape index (κ1) is 10.6. The lowest BCUT2D eigenvalue weighted by molar-refractivity contribution is 0.398. The van der Waals surface area contributed by atoms with Gasteiger partial charge in [-0.3, -0.25) is 0 Å². The highest BCUT2D eigenvalue weighted by atomic mass is 35.5. The molecule has 0 aliphatic carbocycles. The van der Waals surface area contributed by atoms with Crippen LogP contribution in [-0.4, -0.2) is 41.7 Å². The smallest absolute Gasteiger partial charge is 0.376 e. The zero-order chi connectivity index (χ0) is 7.98. The minimum Gasteiger partial charge on any atom is -0.437 e. The van der Waals surface area contributed by atoms with Crippen LogP contribution in [0.4, 0.5) is 0 Å². The highest BCUT2D eigenvalue weighted by Crippen LogP contribution is 1.93. The molecule has 0 saturated carbocycles. The maximum absolute atomic E-state index is 9.08. The second-order valence-corrected chi connectivity index (χ2v) is 2.80. The summed E-state index contributed by atoms with van der Waals surface area (Å²) in [6.07, 6.45) is 0. The molecule has 0 bridgehead atoms. The maximum Gasteiger partial charge on any atom is 0.376 e. The lowest BCUT2D eigenvalue weighted by Crippen LogP contribution is -2.39. The average molecular weight is 184 g/mol. The van der Waals surface area contributed by atoms with Crippen LogP contribution in [0.5, 0.6) is 0 Å². The summed E-state index contributed by atoms with van der Waals surface area (Å²) in [5, 5.41) is 9.08. The van der Waals surface area contributed by atoms with Crippen LogP contribution >= 0.6 is 23.2 Å². The Morgan fingerprint density at radius 3 is 1.90 bits per heavy atom. The third-order valence-electron chi connectivity index (χ3n) is 1.27. The van der Waals surface area contributed by atoms with E-state index in [9.17, 15) is 0 Å². The van der Waals surface area contributed by atoms with Crippen molar-refractivity contribution in [3.05, 3.63) is 0 Å². The monoisotopic (exact) mass is 183 g/mol. The van der Waals surface area contributed by atoms with Crippen LogP contribution in [0.15, 0.2) is 0 Å². The third-order valence-corrected chi connectivity index (χ3v) is 1.61. The average Bonchev–Trinajstić information content (AvgIpc) is 1.87. The first-order valence-electron chi connectivity index (χ1n) is 3.26. The van der Waals surface area contributed by atoms with E-state index < -0.39 is 7.05 Å². The summed E-state index contributed by atoms with van der Waals surface area (Å²) in [7, 11) is -0.447. The minimum atomic E-state index is -0.447. The van der Waals surface area contributed by atoms with Gasteiger partial charge in [-0.2, -0.15) is 0 Å². The van der Waals surface area contributed by atoms with Gasteiger partial charge in [0.15, 0.2) is 0 Å². The largest absolute Gasteiger partial charge is 0.437 e. The van der Waals surface area contributed by atoms with E-state index in [0.29, 0.717) is 24.8 Å². The number of hydrogen-bond donors (Lipinski definition) is 1. The summed E-state index contributed by atoms with van der Waals surface area (Å²) in [6.45, 7) is 3.08. The molecule has 0 saturated heterocycles. The van der Waals surface area contributed by atoms with E-state index in [-0.39, 0.29) is 0 Å². The van der Waals surface area contributed by atoms with E-state index in [4.69, 9.17) is 28.2 Å². The van der Waals surface area contributed by atoms with Crippen LogP contribution in [-0.2, 0) is 0 Å². The van der Waals surface area contributed by atoms with E-state index in [1.165, 1.54) is 0 Å². The molecule has 2 nitrogen and oxygen atoms in total. The molecule has 0 aromatic carbocycles. The van der Waals surface area contributed by atoms with Crippen LogP contribution in [0.2, 0.25) is 6.82 Å². The van der Waals surface area contributed by atoms with E-state index in [1.54, 1.807) is 6.82 Å². The normalized spacial score (nSPS) is 10.5. The van der Waals surface area contributed by atoms with Crippen LogP contribution < -0.4 is 0 Å². The lowest BCUT2D eigenvalue weighted by atomic mass is 9.85. The summed E-state index contributed by atoms with van der Waals surface area (Å²) < 4.78 is 0. The molecular weight excluding hydrogens is 172 g/mol. The van der Waals surface area contributed by atoms with Crippen LogP contribution in [0.25, 0.3) is 0 Å². The fourth-order valence-electron chi connectivity index (χ4n) is 0.703. The first-order valence-corrected chi connectivity index (χ1v) is 4.33. The predicted octanol–water partition coefficient (Wildman–Crippen LogP) is 0.876. The zero-order valence-corrected chi connectivity index (χ0v) is 7.57. The Labute approximate surface area is 72.2 Å². The van der Waals surface area contributed by atoms with Crippen LogP contribution in [0, 0.1) is 0 Å². The lowest BCUT2D eigenvalue weighted by Gasteiger charge is -2.19. The molecule has 0 amide bonds. The van der Waals surface area contributed by atoms with Crippen molar-refractivity contribution in [1.29, 1.82) is 0 Å². The predicted molar refractivity (Wildman–Crippen MR) is 46.8 cm³/mol. The Morgan fingerprint density at radius 1 is 1.30 bits per heavy atom. The molecule has 0 rings (SSSR count). The SMILES string of the molecule is CB(O)N(CCCl)CCCl. The topological polar surface area (TPSA) is 23.5 Å². The zero-order valence-electron chi connectivity index (χ0n) is 6.06. The van der Waals surface area contributed by atoms with Crippen molar-refractivity contribution >= 4 is 30.3 Å². The number of nitrogens with zero attached hydrogens (tertiary/aromatic N) is 1. The molecule has 0 aliphatic rings. The molecule has 0 spiro atoms. The van der Waals surface area contributed by atoms with Crippen molar-refractivity contribution in [3.63, 3.8) is 0 Å². The summed E-state index contributed by atoms with van der Waals surface area (Å²) in [5.41, 5.74) is 0. The van der Waals surface area contributed by atoms with Crippen molar-refractivity contribution in [2.24, 2.45) is 0 Å². The molecule has 60 valence electrons. The van der Waals surface area contributed by atoms with E-state index >= 15 is 0 Å². The van der Waals surface area contributed by atoms with Crippen molar-refractivity contribution < 1.29 is 5.02 Å². The second-order valence-electron chi connectivity index (χ2n) is 2.05. The summed E-state index contributed by atoms with van der Waals surface area (Å²) >= 11 is 11.0.